The molecule has 2 rings (SSSR count). The van der Waals surface area contributed by atoms with E-state index in [1.165, 1.54) is 13.3 Å². The fourth-order valence-corrected chi connectivity index (χ4v) is 2.37. The number of nitrogens with one attached hydrogen (secondary N) is 1. The highest BCUT2D eigenvalue weighted by molar-refractivity contribution is 7.80. The summed E-state index contributed by atoms with van der Waals surface area (Å²) in [6.45, 7) is -0.548. The molecule has 0 aromatic heterocycles. The van der Waals surface area contributed by atoms with Crippen LogP contribution >= 0.6 is 12.2 Å². The van der Waals surface area contributed by atoms with Gasteiger partial charge in [-0.1, -0.05) is 0 Å². The van der Waals surface area contributed by atoms with E-state index in [4.69, 9.17) is 19.9 Å². The van der Waals surface area contributed by atoms with Crippen molar-refractivity contribution < 1.29 is 34.6 Å². The van der Waals surface area contributed by atoms with Crippen LogP contribution in [0, 0.1) is 0 Å². The molecule has 1 saturated heterocycles. The molecule has 0 spiro atoms. The molecule has 1 aliphatic rings. The van der Waals surface area contributed by atoms with Crippen LogP contribution < -0.4 is 20.6 Å². The summed E-state index contributed by atoms with van der Waals surface area (Å²) in [7, 11) is 1.42. The minimum atomic E-state index is -1.53. The molecule has 144 valence electrons. The molecule has 1 aromatic rings. The molecule has 1 fully saturated rings. The molecule has 0 bridgehead atoms. The standard InChI is InChI=1S/C15H21N3O7S/c1-23-9-4-7(5-17-18-15(16)26)2-3-8(9)24-14-13(22)12(21)11(20)10(6-19)25-14/h2-5,10-14,19-22H,6H2,1H3,(H3,16,18,26)/b17-5-/t10-,11-,12+,13-,14-/m1/s1. The van der Waals surface area contributed by atoms with Gasteiger partial charge in [-0.3, -0.25) is 5.43 Å². The first-order chi connectivity index (χ1) is 12.4. The predicted molar refractivity (Wildman–Crippen MR) is 94.9 cm³/mol. The third-order valence-corrected chi connectivity index (χ3v) is 3.76. The van der Waals surface area contributed by atoms with E-state index in [0.29, 0.717) is 11.3 Å². The molecule has 1 aliphatic heterocycles. The number of aliphatic hydroxyl groups is 4. The van der Waals surface area contributed by atoms with Crippen LogP contribution in [0.25, 0.3) is 0 Å². The van der Waals surface area contributed by atoms with E-state index >= 15 is 0 Å². The van der Waals surface area contributed by atoms with Gasteiger partial charge in [0.05, 0.1) is 19.9 Å². The minimum Gasteiger partial charge on any atom is -0.493 e. The van der Waals surface area contributed by atoms with Crippen molar-refractivity contribution in [3.05, 3.63) is 23.8 Å². The Bertz CT molecular complexity index is 658. The van der Waals surface area contributed by atoms with Crippen molar-refractivity contribution in [2.45, 2.75) is 30.7 Å². The van der Waals surface area contributed by atoms with Crippen LogP contribution in [-0.4, -0.2) is 76.2 Å². The highest BCUT2D eigenvalue weighted by Gasteiger charge is 2.44. The predicted octanol–water partition coefficient (Wildman–Crippen LogP) is -1.96. The highest BCUT2D eigenvalue weighted by atomic mass is 32.1. The number of methoxy groups -OCH3 is 1. The fourth-order valence-electron chi connectivity index (χ4n) is 2.32. The van der Waals surface area contributed by atoms with Crippen LogP contribution in [0.3, 0.4) is 0 Å². The molecule has 7 N–H and O–H groups in total. The van der Waals surface area contributed by atoms with E-state index in [0.717, 1.165) is 0 Å². The van der Waals surface area contributed by atoms with Crippen molar-refractivity contribution in [1.29, 1.82) is 0 Å². The van der Waals surface area contributed by atoms with Crippen molar-refractivity contribution >= 4 is 23.5 Å². The third-order valence-electron chi connectivity index (χ3n) is 3.67. The summed E-state index contributed by atoms with van der Waals surface area (Å²) in [5, 5.41) is 42.7. The number of hydrogen-bond donors (Lipinski definition) is 6. The largest absolute Gasteiger partial charge is 0.493 e. The second-order valence-corrected chi connectivity index (χ2v) is 5.90. The first-order valence-electron chi connectivity index (χ1n) is 7.61. The Morgan fingerprint density at radius 1 is 1.31 bits per heavy atom. The number of thiocarbonyl (C=S) groups is 1. The number of hydrazone groups is 1. The number of nitrogens with zero attached hydrogens (tertiary/aromatic N) is 1. The summed E-state index contributed by atoms with van der Waals surface area (Å²) in [5.74, 6) is 0.525. The van der Waals surface area contributed by atoms with Crippen molar-refractivity contribution in [2.75, 3.05) is 13.7 Å². The first-order valence-corrected chi connectivity index (χ1v) is 8.02. The van der Waals surface area contributed by atoms with Gasteiger partial charge in [-0.2, -0.15) is 5.10 Å². The molecule has 11 heteroatoms. The van der Waals surface area contributed by atoms with Gasteiger partial charge in [-0.05, 0) is 36.0 Å². The summed E-state index contributed by atoms with van der Waals surface area (Å²) < 4.78 is 16.1. The molecule has 1 aromatic carbocycles. The Labute approximate surface area is 154 Å². The van der Waals surface area contributed by atoms with Gasteiger partial charge in [-0.25, -0.2) is 0 Å². The quantitative estimate of drug-likeness (QED) is 0.184. The first kappa shape index (κ1) is 20.3. The van der Waals surface area contributed by atoms with Crippen LogP contribution in [0.4, 0.5) is 0 Å². The number of ether oxygens (including phenoxy) is 3. The van der Waals surface area contributed by atoms with Gasteiger partial charge in [0.15, 0.2) is 16.6 Å². The van der Waals surface area contributed by atoms with Crippen LogP contribution in [0.15, 0.2) is 23.3 Å². The zero-order valence-corrected chi connectivity index (χ0v) is 14.7. The van der Waals surface area contributed by atoms with Crippen LogP contribution in [-0.2, 0) is 4.74 Å². The number of benzene rings is 1. The highest BCUT2D eigenvalue weighted by Crippen LogP contribution is 2.31. The average molecular weight is 387 g/mol. The molecule has 1 heterocycles. The zero-order valence-electron chi connectivity index (χ0n) is 13.8. The molecular formula is C15H21N3O7S. The number of nitrogens with two attached hydrogens (primary N) is 1. The van der Waals surface area contributed by atoms with Gasteiger partial charge in [0.1, 0.15) is 24.4 Å². The Morgan fingerprint density at radius 3 is 2.65 bits per heavy atom. The lowest BCUT2D eigenvalue weighted by Crippen LogP contribution is -2.60. The van der Waals surface area contributed by atoms with E-state index in [1.807, 2.05) is 0 Å². The topological polar surface area (TPSA) is 159 Å². The van der Waals surface area contributed by atoms with E-state index < -0.39 is 37.3 Å². The Hall–Kier alpha value is -2.02. The van der Waals surface area contributed by atoms with Gasteiger partial charge >= 0.3 is 0 Å². The summed E-state index contributed by atoms with van der Waals surface area (Å²) in [6.07, 6.45) is -5.43. The fraction of sp³-hybridized carbons (Fsp3) is 0.467. The van der Waals surface area contributed by atoms with Gasteiger partial charge in [-0.15, -0.1) is 0 Å². The summed E-state index contributed by atoms with van der Waals surface area (Å²) in [4.78, 5) is 0. The van der Waals surface area contributed by atoms with Crippen molar-refractivity contribution in [2.24, 2.45) is 10.8 Å². The smallest absolute Gasteiger partial charge is 0.229 e. The Morgan fingerprint density at radius 2 is 2.04 bits per heavy atom. The molecule has 26 heavy (non-hydrogen) atoms. The Balaban J connectivity index is 2.15. The lowest BCUT2D eigenvalue weighted by molar-refractivity contribution is -0.277. The maximum absolute atomic E-state index is 10.0. The van der Waals surface area contributed by atoms with Crippen LogP contribution in [0.1, 0.15) is 5.56 Å². The molecule has 0 aliphatic carbocycles. The number of rotatable bonds is 6. The maximum atomic E-state index is 10.0. The third kappa shape index (κ3) is 4.78. The van der Waals surface area contributed by atoms with E-state index in [9.17, 15) is 20.4 Å². The molecule has 10 nitrogen and oxygen atoms in total. The molecule has 5 atom stereocenters. The van der Waals surface area contributed by atoms with Gasteiger partial charge in [0, 0.05) is 0 Å². The van der Waals surface area contributed by atoms with Crippen molar-refractivity contribution in [3.63, 3.8) is 0 Å². The Kier molecular flexibility index (Phi) is 7.08. The number of hydrogen-bond acceptors (Lipinski definition) is 9. The van der Waals surface area contributed by atoms with Gasteiger partial charge in [0.25, 0.3) is 0 Å². The van der Waals surface area contributed by atoms with E-state index in [1.54, 1.807) is 18.2 Å². The second kappa shape index (κ2) is 9.07. The molecule has 0 radical (unpaired) electrons. The van der Waals surface area contributed by atoms with E-state index in [2.05, 4.69) is 22.7 Å². The summed E-state index contributed by atoms with van der Waals surface area (Å²) in [6, 6.07) is 4.79. The number of aliphatic hydroxyl groups excluding tert-OH is 4. The van der Waals surface area contributed by atoms with Crippen LogP contribution in [0.2, 0.25) is 0 Å². The van der Waals surface area contributed by atoms with Crippen molar-refractivity contribution in [3.8, 4) is 11.5 Å². The molecular weight excluding hydrogens is 366 g/mol. The monoisotopic (exact) mass is 387 g/mol. The molecule has 0 saturated carbocycles. The second-order valence-electron chi connectivity index (χ2n) is 5.46. The van der Waals surface area contributed by atoms with Gasteiger partial charge in [0.2, 0.25) is 6.29 Å². The van der Waals surface area contributed by atoms with Gasteiger partial charge < -0.3 is 40.4 Å². The molecule has 0 unspecified atom stereocenters. The maximum Gasteiger partial charge on any atom is 0.229 e. The zero-order chi connectivity index (χ0) is 19.3. The lowest BCUT2D eigenvalue weighted by atomic mass is 9.99. The molecule has 0 amide bonds. The summed E-state index contributed by atoms with van der Waals surface area (Å²) in [5.41, 5.74) is 8.33. The SMILES string of the molecule is COc1cc(/C=N\NC(N)=S)ccc1O[C@@H]1O[C@H](CO)[C@@H](O)[C@H](O)[C@H]1O. The van der Waals surface area contributed by atoms with Crippen molar-refractivity contribution in [1.82, 2.24) is 5.43 Å². The summed E-state index contributed by atoms with van der Waals surface area (Å²) >= 11 is 4.63. The normalized spacial score (nSPS) is 28.7. The average Bonchev–Trinajstić information content (AvgIpc) is 2.62. The minimum absolute atomic E-state index is 0.0239. The lowest BCUT2D eigenvalue weighted by Gasteiger charge is -2.39. The van der Waals surface area contributed by atoms with E-state index in [-0.39, 0.29) is 10.9 Å². The van der Waals surface area contributed by atoms with Crippen LogP contribution in [0.5, 0.6) is 11.5 Å².